The summed E-state index contributed by atoms with van der Waals surface area (Å²) in [5, 5.41) is 2.81. The third kappa shape index (κ3) is 2.66. The van der Waals surface area contributed by atoms with Crippen LogP contribution in [0.3, 0.4) is 0 Å². The molecule has 1 N–H and O–H groups in total. The fraction of sp³-hybridized carbons (Fsp3) is 0.417. The molecule has 1 atom stereocenters. The fourth-order valence-electron chi connectivity index (χ4n) is 1.91. The van der Waals surface area contributed by atoms with Crippen LogP contribution in [0.5, 0.6) is 0 Å². The summed E-state index contributed by atoms with van der Waals surface area (Å²) in [4.78, 5) is 11.5. The second kappa shape index (κ2) is 4.74. The summed E-state index contributed by atoms with van der Waals surface area (Å²) in [5.41, 5.74) is -0.385. The first kappa shape index (κ1) is 12.5. The van der Waals surface area contributed by atoms with Crippen LogP contribution in [-0.4, -0.2) is 19.1 Å². The Morgan fingerprint density at radius 1 is 1.53 bits per heavy atom. The molecule has 1 saturated heterocycles. The van der Waals surface area contributed by atoms with Gasteiger partial charge < -0.3 is 10.1 Å². The summed E-state index contributed by atoms with van der Waals surface area (Å²) < 4.78 is 20.0. The van der Waals surface area contributed by atoms with Gasteiger partial charge in [-0.15, -0.1) is 0 Å². The van der Waals surface area contributed by atoms with Crippen LogP contribution in [0.4, 0.5) is 4.39 Å². The summed E-state index contributed by atoms with van der Waals surface area (Å²) in [5.74, 6) is -0.467. The molecule has 1 aromatic rings. The fourth-order valence-corrected chi connectivity index (χ4v) is 2.27. The Bertz CT molecular complexity index is 452. The predicted octanol–water partition coefficient (Wildman–Crippen LogP) is 2.34. The van der Waals surface area contributed by atoms with Gasteiger partial charge >= 0.3 is 0 Å². The van der Waals surface area contributed by atoms with E-state index in [2.05, 4.69) is 21.2 Å². The van der Waals surface area contributed by atoms with Crippen molar-refractivity contribution in [1.29, 1.82) is 0 Å². The molecule has 0 bridgehead atoms. The quantitative estimate of drug-likeness (QED) is 0.865. The molecule has 0 spiro atoms. The molecule has 1 fully saturated rings. The molecule has 0 saturated carbocycles. The van der Waals surface area contributed by atoms with Gasteiger partial charge in [-0.05, 0) is 25.1 Å². The second-order valence-electron chi connectivity index (χ2n) is 4.31. The van der Waals surface area contributed by atoms with Gasteiger partial charge in [-0.3, -0.25) is 4.79 Å². The molecule has 3 nitrogen and oxygen atoms in total. The molecule has 92 valence electrons. The maximum absolute atomic E-state index is 13.8. The molecule has 1 amide bonds. The summed E-state index contributed by atoms with van der Waals surface area (Å²) in [6.45, 7) is 2.41. The normalized spacial score (nSPS) is 25.2. The van der Waals surface area contributed by atoms with Crippen molar-refractivity contribution in [2.75, 3.05) is 13.2 Å². The Labute approximate surface area is 107 Å². The topological polar surface area (TPSA) is 38.3 Å². The maximum atomic E-state index is 13.8. The number of ether oxygens (including phenoxy) is 1. The van der Waals surface area contributed by atoms with E-state index in [4.69, 9.17) is 4.74 Å². The molecule has 0 aliphatic carbocycles. The van der Waals surface area contributed by atoms with Crippen LogP contribution in [-0.2, 0) is 15.1 Å². The first-order valence-electron chi connectivity index (χ1n) is 5.35. The SMILES string of the molecule is CC1(c2cc(Br)ccc2F)COCCC(=O)N1. The third-order valence-corrected chi connectivity index (χ3v) is 3.30. The van der Waals surface area contributed by atoms with Crippen LogP contribution in [0, 0.1) is 5.82 Å². The Kier molecular flexibility index (Phi) is 3.49. The largest absolute Gasteiger partial charge is 0.378 e. The first-order chi connectivity index (χ1) is 8.01. The molecule has 5 heteroatoms. The lowest BCUT2D eigenvalue weighted by atomic mass is 9.92. The number of halogens is 2. The lowest BCUT2D eigenvalue weighted by Gasteiger charge is -2.29. The van der Waals surface area contributed by atoms with E-state index in [-0.39, 0.29) is 18.3 Å². The van der Waals surface area contributed by atoms with Crippen molar-refractivity contribution in [3.63, 3.8) is 0 Å². The molecule has 1 aliphatic rings. The second-order valence-corrected chi connectivity index (χ2v) is 5.22. The lowest BCUT2D eigenvalue weighted by Crippen LogP contribution is -2.45. The van der Waals surface area contributed by atoms with E-state index in [1.807, 2.05) is 0 Å². The minimum absolute atomic E-state index is 0.121. The third-order valence-electron chi connectivity index (χ3n) is 2.80. The van der Waals surface area contributed by atoms with Gasteiger partial charge in [0.2, 0.25) is 5.91 Å². The molecule has 2 rings (SSSR count). The number of carbonyl (C=O) groups is 1. The van der Waals surface area contributed by atoms with Gasteiger partial charge in [-0.1, -0.05) is 15.9 Å². The summed E-state index contributed by atoms with van der Waals surface area (Å²) in [6, 6.07) is 4.67. The van der Waals surface area contributed by atoms with Crippen molar-refractivity contribution in [2.45, 2.75) is 18.9 Å². The maximum Gasteiger partial charge on any atom is 0.223 e. The van der Waals surface area contributed by atoms with E-state index in [1.165, 1.54) is 6.07 Å². The number of amides is 1. The van der Waals surface area contributed by atoms with Gasteiger partial charge in [-0.25, -0.2) is 4.39 Å². The van der Waals surface area contributed by atoms with Crippen LogP contribution >= 0.6 is 15.9 Å². The van der Waals surface area contributed by atoms with Gasteiger partial charge in [0.1, 0.15) is 5.82 Å². The predicted molar refractivity (Wildman–Crippen MR) is 65.0 cm³/mol. The van der Waals surface area contributed by atoms with Crippen molar-refractivity contribution in [3.8, 4) is 0 Å². The number of hydrogen-bond acceptors (Lipinski definition) is 2. The summed E-state index contributed by atoms with van der Waals surface area (Å²) in [7, 11) is 0. The van der Waals surface area contributed by atoms with E-state index in [0.717, 1.165) is 4.47 Å². The average Bonchev–Trinajstić information content (AvgIpc) is 2.44. The van der Waals surface area contributed by atoms with Crippen LogP contribution < -0.4 is 5.32 Å². The molecule has 17 heavy (non-hydrogen) atoms. The smallest absolute Gasteiger partial charge is 0.223 e. The Morgan fingerprint density at radius 3 is 3.06 bits per heavy atom. The highest BCUT2D eigenvalue weighted by Crippen LogP contribution is 2.28. The number of hydrogen-bond donors (Lipinski definition) is 1. The molecular formula is C12H13BrFNO2. The van der Waals surface area contributed by atoms with Crippen molar-refractivity contribution in [2.24, 2.45) is 0 Å². The molecule has 1 aliphatic heterocycles. The Morgan fingerprint density at radius 2 is 2.29 bits per heavy atom. The van der Waals surface area contributed by atoms with E-state index in [0.29, 0.717) is 18.6 Å². The highest BCUT2D eigenvalue weighted by Gasteiger charge is 2.33. The Balaban J connectivity index is 2.41. The zero-order valence-electron chi connectivity index (χ0n) is 9.43. The minimum Gasteiger partial charge on any atom is -0.378 e. The molecule has 0 radical (unpaired) electrons. The molecular weight excluding hydrogens is 289 g/mol. The first-order valence-corrected chi connectivity index (χ1v) is 6.15. The van der Waals surface area contributed by atoms with Crippen LogP contribution in [0.2, 0.25) is 0 Å². The van der Waals surface area contributed by atoms with Crippen molar-refractivity contribution < 1.29 is 13.9 Å². The van der Waals surface area contributed by atoms with Crippen LogP contribution in [0.1, 0.15) is 18.9 Å². The van der Waals surface area contributed by atoms with Gasteiger partial charge in [0.25, 0.3) is 0 Å². The van der Waals surface area contributed by atoms with Gasteiger partial charge in [0.05, 0.1) is 18.8 Å². The highest BCUT2D eigenvalue weighted by molar-refractivity contribution is 9.10. The van der Waals surface area contributed by atoms with Crippen molar-refractivity contribution in [1.82, 2.24) is 5.32 Å². The van der Waals surface area contributed by atoms with E-state index >= 15 is 0 Å². The number of carbonyl (C=O) groups excluding carboxylic acids is 1. The number of nitrogens with one attached hydrogen (secondary N) is 1. The van der Waals surface area contributed by atoms with Gasteiger partial charge in [0.15, 0.2) is 0 Å². The highest BCUT2D eigenvalue weighted by atomic mass is 79.9. The van der Waals surface area contributed by atoms with E-state index in [9.17, 15) is 9.18 Å². The van der Waals surface area contributed by atoms with Gasteiger partial charge in [-0.2, -0.15) is 0 Å². The zero-order valence-corrected chi connectivity index (χ0v) is 11.0. The van der Waals surface area contributed by atoms with E-state index < -0.39 is 5.54 Å². The molecule has 0 aromatic heterocycles. The van der Waals surface area contributed by atoms with Crippen molar-refractivity contribution in [3.05, 3.63) is 34.1 Å². The zero-order chi connectivity index (χ0) is 12.5. The number of benzene rings is 1. The Hall–Kier alpha value is -0.940. The molecule has 1 aromatic carbocycles. The molecule has 1 unspecified atom stereocenters. The minimum atomic E-state index is -0.818. The lowest BCUT2D eigenvalue weighted by molar-refractivity contribution is -0.122. The average molecular weight is 302 g/mol. The number of rotatable bonds is 1. The monoisotopic (exact) mass is 301 g/mol. The van der Waals surface area contributed by atoms with Crippen LogP contribution in [0.15, 0.2) is 22.7 Å². The summed E-state index contributed by atoms with van der Waals surface area (Å²) >= 11 is 3.30. The summed E-state index contributed by atoms with van der Waals surface area (Å²) in [6.07, 6.45) is 0.311. The van der Waals surface area contributed by atoms with Crippen molar-refractivity contribution >= 4 is 21.8 Å². The van der Waals surface area contributed by atoms with E-state index in [1.54, 1.807) is 19.1 Å². The standard InChI is InChI=1S/C12H13BrFNO2/c1-12(7-17-5-4-11(16)15-12)9-6-8(13)2-3-10(9)14/h2-3,6H,4-5,7H2,1H3,(H,15,16). The van der Waals surface area contributed by atoms with Crippen LogP contribution in [0.25, 0.3) is 0 Å². The molecule has 1 heterocycles. The van der Waals surface area contributed by atoms with Gasteiger partial charge in [0, 0.05) is 16.5 Å².